The number of pyridine rings is 1. The largest absolute Gasteiger partial charge is 0.382 e. The first-order valence-corrected chi connectivity index (χ1v) is 12.7. The van der Waals surface area contributed by atoms with E-state index in [1.165, 1.54) is 11.6 Å². The Labute approximate surface area is 220 Å². The monoisotopic (exact) mass is 517 g/mol. The van der Waals surface area contributed by atoms with Crippen molar-refractivity contribution < 1.29 is 9.50 Å². The van der Waals surface area contributed by atoms with Crippen LogP contribution < -0.4 is 10.6 Å². The lowest BCUT2D eigenvalue weighted by molar-refractivity contribution is 0.0687. The fourth-order valence-electron chi connectivity index (χ4n) is 4.54. The number of halogens is 2. The third-order valence-corrected chi connectivity index (χ3v) is 6.90. The molecule has 190 valence electrons. The molecule has 1 atom stereocenters. The number of hydrogen-bond acceptors (Lipinski definition) is 6. The zero-order valence-corrected chi connectivity index (χ0v) is 21.8. The predicted octanol–water partition coefficient (Wildman–Crippen LogP) is 6.26. The van der Waals surface area contributed by atoms with Crippen LogP contribution in [-0.2, 0) is 5.60 Å². The van der Waals surface area contributed by atoms with Crippen molar-refractivity contribution in [3.63, 3.8) is 0 Å². The Morgan fingerprint density at radius 2 is 1.78 bits per heavy atom. The van der Waals surface area contributed by atoms with E-state index in [9.17, 15) is 9.50 Å². The van der Waals surface area contributed by atoms with E-state index in [-0.39, 0.29) is 11.9 Å². The van der Waals surface area contributed by atoms with E-state index in [0.717, 1.165) is 47.1 Å². The van der Waals surface area contributed by atoms with Gasteiger partial charge in [-0.3, -0.25) is 4.98 Å². The van der Waals surface area contributed by atoms with E-state index >= 15 is 0 Å². The van der Waals surface area contributed by atoms with Crippen molar-refractivity contribution in [2.45, 2.75) is 38.8 Å². The SMILES string of the molecule is CC(Nc1c(Cl)cnc2ccc(-c3cnc(C(C)(C)O)nc3)cc12)c1cc(C2=CCNCC2)ccc1F. The van der Waals surface area contributed by atoms with Crippen LogP contribution in [-0.4, -0.2) is 33.1 Å². The van der Waals surface area contributed by atoms with Crippen molar-refractivity contribution in [1.29, 1.82) is 0 Å². The second-order valence-electron chi connectivity index (χ2n) is 9.85. The average molecular weight is 518 g/mol. The highest BCUT2D eigenvalue weighted by molar-refractivity contribution is 6.34. The molecule has 0 saturated heterocycles. The summed E-state index contributed by atoms with van der Waals surface area (Å²) in [6.45, 7) is 6.95. The van der Waals surface area contributed by atoms with Crippen LogP contribution in [0.15, 0.2) is 61.1 Å². The Kier molecular flexibility index (Phi) is 6.94. The van der Waals surface area contributed by atoms with Crippen molar-refractivity contribution in [3.8, 4) is 11.1 Å². The molecule has 3 heterocycles. The maximum absolute atomic E-state index is 15.0. The molecule has 0 amide bonds. The zero-order valence-electron chi connectivity index (χ0n) is 21.0. The Morgan fingerprint density at radius 1 is 1.03 bits per heavy atom. The molecule has 1 aliphatic rings. The van der Waals surface area contributed by atoms with Gasteiger partial charge in [-0.1, -0.05) is 29.8 Å². The van der Waals surface area contributed by atoms with Gasteiger partial charge in [0.2, 0.25) is 0 Å². The second-order valence-corrected chi connectivity index (χ2v) is 10.3. The second kappa shape index (κ2) is 10.2. The van der Waals surface area contributed by atoms with E-state index in [4.69, 9.17) is 11.6 Å². The van der Waals surface area contributed by atoms with Gasteiger partial charge in [-0.15, -0.1) is 0 Å². The third-order valence-electron chi connectivity index (χ3n) is 6.61. The van der Waals surface area contributed by atoms with E-state index in [0.29, 0.717) is 22.1 Å². The first kappa shape index (κ1) is 25.3. The molecule has 4 aromatic rings. The highest BCUT2D eigenvalue weighted by atomic mass is 35.5. The Bertz CT molecular complexity index is 1480. The molecular formula is C29H29ClFN5O. The highest BCUT2D eigenvalue weighted by Gasteiger charge is 2.20. The molecular weight excluding hydrogens is 489 g/mol. The summed E-state index contributed by atoms with van der Waals surface area (Å²) in [5.41, 5.74) is 4.82. The number of anilines is 1. The molecule has 1 aliphatic heterocycles. The van der Waals surface area contributed by atoms with E-state index < -0.39 is 5.60 Å². The molecule has 6 nitrogen and oxygen atoms in total. The minimum atomic E-state index is -1.12. The third kappa shape index (κ3) is 5.34. The molecule has 8 heteroatoms. The van der Waals surface area contributed by atoms with Crippen molar-refractivity contribution in [2.75, 3.05) is 18.4 Å². The molecule has 5 rings (SSSR count). The Hall–Kier alpha value is -3.39. The van der Waals surface area contributed by atoms with E-state index in [1.54, 1.807) is 32.4 Å². The van der Waals surface area contributed by atoms with Crippen LogP contribution in [0.25, 0.3) is 27.6 Å². The lowest BCUT2D eigenvalue weighted by atomic mass is 9.96. The number of nitrogens with one attached hydrogen (secondary N) is 2. The van der Waals surface area contributed by atoms with Gasteiger partial charge in [-0.05, 0) is 74.7 Å². The van der Waals surface area contributed by atoms with Gasteiger partial charge in [0, 0.05) is 41.6 Å². The molecule has 0 radical (unpaired) electrons. The minimum Gasteiger partial charge on any atom is -0.382 e. The average Bonchev–Trinajstić information content (AvgIpc) is 2.90. The molecule has 1 unspecified atom stereocenters. The number of nitrogens with zero attached hydrogens (tertiary/aromatic N) is 3. The molecule has 3 N–H and O–H groups in total. The van der Waals surface area contributed by atoms with Crippen LogP contribution in [0.3, 0.4) is 0 Å². The maximum Gasteiger partial charge on any atom is 0.159 e. The summed E-state index contributed by atoms with van der Waals surface area (Å²) >= 11 is 6.61. The zero-order chi connectivity index (χ0) is 26.2. The molecule has 37 heavy (non-hydrogen) atoms. The topological polar surface area (TPSA) is 83.0 Å². The Morgan fingerprint density at radius 3 is 2.49 bits per heavy atom. The van der Waals surface area contributed by atoms with Crippen molar-refractivity contribution in [2.24, 2.45) is 0 Å². The normalized spacial score (nSPS) is 14.9. The summed E-state index contributed by atoms with van der Waals surface area (Å²) in [6.07, 6.45) is 8.05. The van der Waals surface area contributed by atoms with Crippen molar-refractivity contribution in [3.05, 3.63) is 88.9 Å². The van der Waals surface area contributed by atoms with Gasteiger partial charge < -0.3 is 15.7 Å². The van der Waals surface area contributed by atoms with Crippen LogP contribution in [0.5, 0.6) is 0 Å². The van der Waals surface area contributed by atoms with Crippen LogP contribution in [0.2, 0.25) is 5.02 Å². The van der Waals surface area contributed by atoms with Crippen molar-refractivity contribution >= 4 is 33.8 Å². The smallest absolute Gasteiger partial charge is 0.159 e. The number of aromatic nitrogens is 3. The van der Waals surface area contributed by atoms with Gasteiger partial charge in [0.05, 0.1) is 22.3 Å². The summed E-state index contributed by atoms with van der Waals surface area (Å²) in [5, 5.41) is 18.2. The number of fused-ring (bicyclic) bond motifs is 1. The first-order chi connectivity index (χ1) is 17.7. The number of rotatable bonds is 6. The molecule has 0 spiro atoms. The van der Waals surface area contributed by atoms with Crippen LogP contribution in [0, 0.1) is 5.82 Å². The fourth-order valence-corrected chi connectivity index (χ4v) is 4.75. The number of benzene rings is 2. The first-order valence-electron chi connectivity index (χ1n) is 12.3. The molecule has 2 aromatic heterocycles. The van der Waals surface area contributed by atoms with Crippen LogP contribution in [0.4, 0.5) is 10.1 Å². The van der Waals surface area contributed by atoms with E-state index in [1.807, 2.05) is 37.3 Å². The quantitative estimate of drug-likeness (QED) is 0.280. The van der Waals surface area contributed by atoms with Gasteiger partial charge in [-0.25, -0.2) is 14.4 Å². The van der Waals surface area contributed by atoms with Gasteiger partial charge in [-0.2, -0.15) is 0 Å². The van der Waals surface area contributed by atoms with Crippen LogP contribution in [0.1, 0.15) is 50.2 Å². The lowest BCUT2D eigenvalue weighted by Gasteiger charge is -2.21. The summed E-state index contributed by atoms with van der Waals surface area (Å²) in [4.78, 5) is 13.1. The number of hydrogen-bond donors (Lipinski definition) is 3. The van der Waals surface area contributed by atoms with Gasteiger partial charge in [0.1, 0.15) is 11.4 Å². The maximum atomic E-state index is 15.0. The highest BCUT2D eigenvalue weighted by Crippen LogP contribution is 2.36. The summed E-state index contributed by atoms with van der Waals surface area (Å²) < 4.78 is 15.0. The molecule has 0 bridgehead atoms. The standard InChI is InChI=1S/C29H29ClFN5O/c1-17(22-12-19(4-6-25(22)31)18-8-10-32-11-9-18)36-27-23-13-20(5-7-26(23)33-16-24(27)30)21-14-34-28(35-15-21)29(2,3)37/h4-8,12-17,32,37H,9-11H2,1-3H3,(H,33,36). The van der Waals surface area contributed by atoms with Gasteiger partial charge in [0.15, 0.2) is 5.82 Å². The van der Waals surface area contributed by atoms with Crippen molar-refractivity contribution in [1.82, 2.24) is 20.3 Å². The molecule has 0 aliphatic carbocycles. The number of aliphatic hydroxyl groups is 1. The molecule has 0 saturated carbocycles. The summed E-state index contributed by atoms with van der Waals surface area (Å²) in [7, 11) is 0. The molecule has 0 fully saturated rings. The Balaban J connectivity index is 1.50. The fraction of sp³-hybridized carbons (Fsp3) is 0.276. The predicted molar refractivity (Wildman–Crippen MR) is 147 cm³/mol. The minimum absolute atomic E-state index is 0.266. The van der Waals surface area contributed by atoms with Gasteiger partial charge in [0.25, 0.3) is 0 Å². The van der Waals surface area contributed by atoms with E-state index in [2.05, 4.69) is 31.7 Å². The van der Waals surface area contributed by atoms with Crippen LogP contribution >= 0.6 is 11.6 Å². The molecule has 2 aromatic carbocycles. The van der Waals surface area contributed by atoms with Gasteiger partial charge >= 0.3 is 0 Å². The summed E-state index contributed by atoms with van der Waals surface area (Å²) in [5.74, 6) is 0.0833. The summed E-state index contributed by atoms with van der Waals surface area (Å²) in [6, 6.07) is 10.8. The lowest BCUT2D eigenvalue weighted by Crippen LogP contribution is -2.20.